The molecule has 24 heavy (non-hydrogen) atoms. The minimum atomic E-state index is -4.63. The second-order valence-corrected chi connectivity index (χ2v) is 7.13. The third-order valence-electron chi connectivity index (χ3n) is 5.30. The highest BCUT2D eigenvalue weighted by molar-refractivity contribution is 6.02. The number of nitrogens with zero attached hydrogens (tertiary/aromatic N) is 3. The van der Waals surface area contributed by atoms with E-state index in [9.17, 15) is 18.0 Å². The van der Waals surface area contributed by atoms with Gasteiger partial charge in [-0.05, 0) is 24.3 Å². The van der Waals surface area contributed by atoms with Gasteiger partial charge >= 0.3 is 6.18 Å². The van der Waals surface area contributed by atoms with Crippen LogP contribution in [0.4, 0.5) is 13.2 Å². The zero-order chi connectivity index (χ0) is 17.9. The summed E-state index contributed by atoms with van der Waals surface area (Å²) in [6, 6.07) is 0. The Balaban J connectivity index is 2.27. The van der Waals surface area contributed by atoms with Gasteiger partial charge in [0.1, 0.15) is 0 Å². The van der Waals surface area contributed by atoms with Crippen LogP contribution >= 0.6 is 0 Å². The molecule has 2 atom stereocenters. The molecular weight excluding hydrogens is 319 g/mol. The first-order valence-electron chi connectivity index (χ1n) is 7.60. The van der Waals surface area contributed by atoms with Crippen LogP contribution in [0, 0.1) is 17.9 Å². The first-order chi connectivity index (χ1) is 11.0. The molecule has 0 spiro atoms. The average Bonchev–Trinajstić information content (AvgIpc) is 2.50. The van der Waals surface area contributed by atoms with Crippen molar-refractivity contribution in [2.45, 2.75) is 45.2 Å². The molecule has 1 aromatic heterocycles. The van der Waals surface area contributed by atoms with Gasteiger partial charge < -0.3 is 4.79 Å². The van der Waals surface area contributed by atoms with Crippen molar-refractivity contribution >= 4 is 5.78 Å². The highest BCUT2D eigenvalue weighted by Gasteiger charge is 2.54. The smallest absolute Gasteiger partial charge is 0.307 e. The Labute approximate surface area is 137 Å². The van der Waals surface area contributed by atoms with Crippen LogP contribution < -0.4 is 0 Å². The lowest BCUT2D eigenvalue weighted by atomic mass is 9.53. The summed E-state index contributed by atoms with van der Waals surface area (Å²) in [5.74, 6) is -1.66. The third-order valence-corrected chi connectivity index (χ3v) is 5.30. The topological polar surface area (TPSA) is 47.2 Å². The maximum atomic E-state index is 13.0. The fourth-order valence-corrected chi connectivity index (χ4v) is 4.16. The number of aryl methyl sites for hydroxylation is 1. The lowest BCUT2D eigenvalue weighted by Crippen LogP contribution is -2.51. The van der Waals surface area contributed by atoms with E-state index in [4.69, 9.17) is 6.57 Å². The van der Waals surface area contributed by atoms with Crippen LogP contribution in [-0.2, 0) is 22.8 Å². The van der Waals surface area contributed by atoms with Crippen LogP contribution in [0.3, 0.4) is 0 Å². The van der Waals surface area contributed by atoms with Gasteiger partial charge in [-0.15, -0.1) is 0 Å². The SMILES string of the molecule is [C-]#[N+]C1=C[C@]2(C)c3nc(C(F)(F)F)ncc3CC[C@H]2C(C)(C)C1=O. The minimum Gasteiger partial charge on any atom is -0.307 e. The number of carbonyl (C=O) groups excluding carboxylic acids is 1. The van der Waals surface area contributed by atoms with Crippen molar-refractivity contribution in [2.75, 3.05) is 0 Å². The van der Waals surface area contributed by atoms with E-state index in [0.29, 0.717) is 18.4 Å². The molecule has 2 aliphatic carbocycles. The molecule has 1 aromatic rings. The number of carbonyl (C=O) groups is 1. The molecule has 0 amide bonds. The fraction of sp³-hybridized carbons (Fsp3) is 0.529. The Bertz CT molecular complexity index is 804. The highest BCUT2D eigenvalue weighted by Crippen LogP contribution is 2.54. The van der Waals surface area contributed by atoms with Gasteiger partial charge in [0.05, 0.1) is 12.3 Å². The van der Waals surface area contributed by atoms with Crippen molar-refractivity contribution in [3.05, 3.63) is 46.5 Å². The van der Waals surface area contributed by atoms with E-state index in [2.05, 4.69) is 14.8 Å². The molecule has 0 saturated carbocycles. The van der Waals surface area contributed by atoms with Crippen LogP contribution in [0.1, 0.15) is 44.3 Å². The lowest BCUT2D eigenvalue weighted by Gasteiger charge is -2.50. The first kappa shape index (κ1) is 16.6. The maximum Gasteiger partial charge on any atom is 0.451 e. The monoisotopic (exact) mass is 335 g/mol. The van der Waals surface area contributed by atoms with E-state index in [1.807, 2.05) is 0 Å². The van der Waals surface area contributed by atoms with Crippen molar-refractivity contribution in [3.8, 4) is 0 Å². The van der Waals surface area contributed by atoms with Gasteiger partial charge in [-0.2, -0.15) is 13.2 Å². The second kappa shape index (κ2) is 4.88. The Hall–Kier alpha value is -2.23. The van der Waals surface area contributed by atoms with Gasteiger partial charge in [0.2, 0.25) is 11.5 Å². The molecule has 0 radical (unpaired) electrons. The van der Waals surface area contributed by atoms with E-state index in [1.54, 1.807) is 20.8 Å². The number of ketones is 1. The van der Waals surface area contributed by atoms with Crippen LogP contribution in [0.2, 0.25) is 0 Å². The number of hydrogen-bond donors (Lipinski definition) is 0. The molecular formula is C17H16F3N3O. The molecule has 2 aliphatic rings. The van der Waals surface area contributed by atoms with Gasteiger partial charge in [-0.25, -0.2) is 14.8 Å². The summed E-state index contributed by atoms with van der Waals surface area (Å²) in [6.45, 7) is 12.5. The largest absolute Gasteiger partial charge is 0.451 e. The summed E-state index contributed by atoms with van der Waals surface area (Å²) in [5, 5.41) is 0. The number of hydrogen-bond acceptors (Lipinski definition) is 3. The van der Waals surface area contributed by atoms with E-state index in [1.165, 1.54) is 12.3 Å². The molecule has 1 heterocycles. The van der Waals surface area contributed by atoms with E-state index < -0.39 is 22.8 Å². The summed E-state index contributed by atoms with van der Waals surface area (Å²) in [5.41, 5.74) is -0.827. The summed E-state index contributed by atoms with van der Waals surface area (Å²) in [7, 11) is 0. The van der Waals surface area contributed by atoms with Crippen LogP contribution in [0.25, 0.3) is 4.85 Å². The van der Waals surface area contributed by atoms with Crippen molar-refractivity contribution in [1.82, 2.24) is 9.97 Å². The van der Waals surface area contributed by atoms with Crippen LogP contribution in [0.5, 0.6) is 0 Å². The molecule has 7 heteroatoms. The van der Waals surface area contributed by atoms with Gasteiger partial charge in [0.25, 0.3) is 0 Å². The van der Waals surface area contributed by atoms with E-state index >= 15 is 0 Å². The fourth-order valence-electron chi connectivity index (χ4n) is 4.16. The third kappa shape index (κ3) is 2.16. The summed E-state index contributed by atoms with van der Waals surface area (Å²) < 4.78 is 39.1. The molecule has 0 unspecified atom stereocenters. The van der Waals surface area contributed by atoms with Gasteiger partial charge in [-0.3, -0.25) is 0 Å². The molecule has 3 rings (SSSR count). The standard InChI is InChI=1S/C17H16F3N3O/c1-15(2)11-6-5-9-8-22-14(17(18,19)20)23-12(9)16(11,3)7-10(21-4)13(15)24/h7-8,11H,5-6H2,1-3H3/t11-,16-/m0/s1. The molecule has 0 saturated heterocycles. The van der Waals surface area contributed by atoms with Crippen molar-refractivity contribution < 1.29 is 18.0 Å². The summed E-state index contributed by atoms with van der Waals surface area (Å²) in [6.07, 6.45) is -0.750. The molecule has 0 aromatic carbocycles. The second-order valence-electron chi connectivity index (χ2n) is 7.13. The number of rotatable bonds is 0. The van der Waals surface area contributed by atoms with Crippen LogP contribution in [0.15, 0.2) is 18.0 Å². The van der Waals surface area contributed by atoms with Crippen molar-refractivity contribution in [1.29, 1.82) is 0 Å². The van der Waals surface area contributed by atoms with Crippen molar-refractivity contribution in [3.63, 3.8) is 0 Å². The Morgan fingerprint density at radius 3 is 2.58 bits per heavy atom. The normalized spacial score (nSPS) is 28.5. The number of alkyl halides is 3. The Morgan fingerprint density at radius 1 is 1.33 bits per heavy atom. The first-order valence-corrected chi connectivity index (χ1v) is 7.60. The Morgan fingerprint density at radius 2 is 2.00 bits per heavy atom. The zero-order valence-electron chi connectivity index (χ0n) is 13.5. The maximum absolute atomic E-state index is 13.0. The zero-order valence-corrected chi connectivity index (χ0v) is 13.5. The summed E-state index contributed by atoms with van der Waals surface area (Å²) in [4.78, 5) is 23.1. The minimum absolute atomic E-state index is 0.0289. The van der Waals surface area contributed by atoms with E-state index in [-0.39, 0.29) is 23.1 Å². The summed E-state index contributed by atoms with van der Waals surface area (Å²) >= 11 is 0. The number of Topliss-reactive ketones (excluding diaryl/α,β-unsaturated/α-hetero) is 1. The predicted octanol–water partition coefficient (Wildman–Crippen LogP) is 3.73. The van der Waals surface area contributed by atoms with E-state index in [0.717, 1.165) is 0 Å². The quantitative estimate of drug-likeness (QED) is 0.679. The van der Waals surface area contributed by atoms with Crippen molar-refractivity contribution in [2.24, 2.45) is 11.3 Å². The highest BCUT2D eigenvalue weighted by atomic mass is 19.4. The predicted molar refractivity (Wildman–Crippen MR) is 79.7 cm³/mol. The van der Waals surface area contributed by atoms with Gasteiger partial charge in [0, 0.05) is 17.0 Å². The molecule has 0 bridgehead atoms. The molecule has 0 N–H and O–H groups in total. The molecule has 0 aliphatic heterocycles. The molecule has 126 valence electrons. The van der Waals surface area contributed by atoms with Gasteiger partial charge in [0.15, 0.2) is 5.78 Å². The molecule has 0 fully saturated rings. The number of aromatic nitrogens is 2. The Kier molecular flexibility index (Phi) is 3.38. The average molecular weight is 335 g/mol. The number of halogens is 3. The van der Waals surface area contributed by atoms with Gasteiger partial charge in [-0.1, -0.05) is 26.8 Å². The van der Waals surface area contributed by atoms with Crippen LogP contribution in [-0.4, -0.2) is 15.8 Å². The molecule has 4 nitrogen and oxygen atoms in total. The number of allylic oxidation sites excluding steroid dienone is 2. The lowest BCUT2D eigenvalue weighted by molar-refractivity contribution is -0.145. The number of fused-ring (bicyclic) bond motifs is 3.